The molecule has 1 aliphatic heterocycles. The highest BCUT2D eigenvalue weighted by Gasteiger charge is 2.35. The molecule has 3 nitrogen and oxygen atoms in total. The van der Waals surface area contributed by atoms with Crippen LogP contribution in [0.2, 0.25) is 10.0 Å². The van der Waals surface area contributed by atoms with Crippen LogP contribution in [0.5, 0.6) is 0 Å². The Kier molecular flexibility index (Phi) is 5.53. The van der Waals surface area contributed by atoms with Gasteiger partial charge in [0.05, 0.1) is 26.3 Å². The predicted octanol–water partition coefficient (Wildman–Crippen LogP) is 6.80. The second-order valence-electron chi connectivity index (χ2n) is 5.96. The van der Waals surface area contributed by atoms with Crippen molar-refractivity contribution >= 4 is 63.5 Å². The van der Waals surface area contributed by atoms with Crippen LogP contribution in [-0.2, 0) is 4.79 Å². The van der Waals surface area contributed by atoms with E-state index in [4.69, 9.17) is 23.2 Å². The van der Waals surface area contributed by atoms with Crippen LogP contribution >= 0.6 is 35.0 Å². The monoisotopic (exact) mass is 424 g/mol. The molecule has 0 N–H and O–H groups in total. The summed E-state index contributed by atoms with van der Waals surface area (Å²) < 4.78 is 0. The summed E-state index contributed by atoms with van der Waals surface area (Å²) in [7, 11) is 0. The van der Waals surface area contributed by atoms with Crippen molar-refractivity contribution in [3.8, 4) is 0 Å². The fourth-order valence-corrected chi connectivity index (χ4v) is 4.13. The van der Waals surface area contributed by atoms with E-state index in [1.165, 1.54) is 16.7 Å². The maximum Gasteiger partial charge on any atom is 0.271 e. The fraction of sp³-hybridized carbons (Fsp3) is 0. The van der Waals surface area contributed by atoms with Crippen molar-refractivity contribution in [2.75, 3.05) is 4.90 Å². The van der Waals surface area contributed by atoms with Gasteiger partial charge in [-0.1, -0.05) is 77.8 Å². The number of rotatable bonds is 3. The van der Waals surface area contributed by atoms with Crippen LogP contribution < -0.4 is 4.90 Å². The molecular weight excluding hydrogens is 411 g/mol. The van der Waals surface area contributed by atoms with Crippen LogP contribution in [0.15, 0.2) is 88.8 Å². The van der Waals surface area contributed by atoms with E-state index in [2.05, 4.69) is 4.99 Å². The fourth-order valence-electron chi connectivity index (χ4n) is 2.74. The molecule has 1 amide bonds. The molecule has 0 bridgehead atoms. The van der Waals surface area contributed by atoms with E-state index in [0.29, 0.717) is 31.5 Å². The summed E-state index contributed by atoms with van der Waals surface area (Å²) in [6, 6.07) is 24.2. The van der Waals surface area contributed by atoms with Gasteiger partial charge in [-0.3, -0.25) is 9.69 Å². The maximum absolute atomic E-state index is 13.2. The number of thioether (sulfide) groups is 1. The lowest BCUT2D eigenvalue weighted by atomic mass is 10.2. The normalized spacial score (nSPS) is 16.9. The topological polar surface area (TPSA) is 32.7 Å². The van der Waals surface area contributed by atoms with E-state index in [1.807, 2.05) is 66.7 Å². The van der Waals surface area contributed by atoms with Crippen molar-refractivity contribution in [1.82, 2.24) is 0 Å². The van der Waals surface area contributed by atoms with Gasteiger partial charge in [-0.25, -0.2) is 4.99 Å². The van der Waals surface area contributed by atoms with E-state index < -0.39 is 0 Å². The molecule has 1 aliphatic rings. The molecule has 3 aromatic carbocycles. The number of hydrogen-bond acceptors (Lipinski definition) is 3. The van der Waals surface area contributed by atoms with Gasteiger partial charge in [0.15, 0.2) is 5.17 Å². The second-order valence-corrected chi connectivity index (χ2v) is 7.78. The minimum atomic E-state index is -0.173. The van der Waals surface area contributed by atoms with Gasteiger partial charge in [-0.15, -0.1) is 0 Å². The number of benzene rings is 3. The molecule has 6 heteroatoms. The first-order chi connectivity index (χ1) is 13.6. The van der Waals surface area contributed by atoms with Crippen LogP contribution in [0.4, 0.5) is 11.4 Å². The summed E-state index contributed by atoms with van der Waals surface area (Å²) in [5.74, 6) is -0.173. The van der Waals surface area contributed by atoms with E-state index in [1.54, 1.807) is 18.2 Å². The third-order valence-corrected chi connectivity index (χ3v) is 5.67. The summed E-state index contributed by atoms with van der Waals surface area (Å²) >= 11 is 13.9. The van der Waals surface area contributed by atoms with Gasteiger partial charge in [-0.05, 0) is 47.7 Å². The molecule has 0 saturated carbocycles. The van der Waals surface area contributed by atoms with Gasteiger partial charge in [0.25, 0.3) is 5.91 Å². The lowest BCUT2D eigenvalue weighted by Crippen LogP contribution is -2.29. The lowest BCUT2D eigenvalue weighted by molar-refractivity contribution is -0.113. The number of anilines is 1. The SMILES string of the molecule is O=C1/C(=C/c2ccccc2)SC(=Nc2ccccc2Cl)N1c1ccccc1Cl. The summed E-state index contributed by atoms with van der Waals surface area (Å²) in [5.41, 5.74) is 2.12. The molecule has 0 spiro atoms. The molecule has 1 heterocycles. The van der Waals surface area contributed by atoms with Crippen molar-refractivity contribution in [2.24, 2.45) is 4.99 Å². The molecule has 4 rings (SSSR count). The van der Waals surface area contributed by atoms with Crippen molar-refractivity contribution in [3.05, 3.63) is 99.4 Å². The highest BCUT2D eigenvalue weighted by Crippen LogP contribution is 2.40. The average Bonchev–Trinajstić information content (AvgIpc) is 3.00. The molecule has 1 saturated heterocycles. The highest BCUT2D eigenvalue weighted by atomic mass is 35.5. The Morgan fingerprint density at radius 2 is 1.46 bits per heavy atom. The number of hydrogen-bond donors (Lipinski definition) is 0. The van der Waals surface area contributed by atoms with Gasteiger partial charge in [0.2, 0.25) is 0 Å². The number of amides is 1. The number of para-hydroxylation sites is 2. The zero-order chi connectivity index (χ0) is 19.5. The minimum absolute atomic E-state index is 0.173. The molecule has 0 unspecified atom stereocenters. The molecule has 138 valence electrons. The Balaban J connectivity index is 1.82. The van der Waals surface area contributed by atoms with Crippen LogP contribution in [-0.4, -0.2) is 11.1 Å². The zero-order valence-corrected chi connectivity index (χ0v) is 16.9. The first-order valence-electron chi connectivity index (χ1n) is 8.50. The zero-order valence-electron chi connectivity index (χ0n) is 14.5. The Bertz CT molecular complexity index is 1100. The quantitative estimate of drug-likeness (QED) is 0.432. The number of halogens is 2. The highest BCUT2D eigenvalue weighted by molar-refractivity contribution is 8.19. The Morgan fingerprint density at radius 1 is 0.821 bits per heavy atom. The minimum Gasteiger partial charge on any atom is -0.268 e. The molecule has 28 heavy (non-hydrogen) atoms. The number of aliphatic imine (C=N–C) groups is 1. The molecule has 0 radical (unpaired) electrons. The van der Waals surface area contributed by atoms with Crippen LogP contribution in [0.3, 0.4) is 0 Å². The Labute approximate surface area is 177 Å². The van der Waals surface area contributed by atoms with Gasteiger partial charge < -0.3 is 0 Å². The summed E-state index contributed by atoms with van der Waals surface area (Å²) in [4.78, 5) is 20.0. The van der Waals surface area contributed by atoms with Gasteiger partial charge >= 0.3 is 0 Å². The average molecular weight is 425 g/mol. The molecule has 1 fully saturated rings. The van der Waals surface area contributed by atoms with Crippen molar-refractivity contribution in [1.29, 1.82) is 0 Å². The number of carbonyl (C=O) groups excluding carboxylic acids is 1. The van der Waals surface area contributed by atoms with Crippen LogP contribution in [0.25, 0.3) is 6.08 Å². The first kappa shape index (κ1) is 18.8. The van der Waals surface area contributed by atoms with E-state index in [0.717, 1.165) is 5.56 Å². The van der Waals surface area contributed by atoms with Crippen molar-refractivity contribution in [3.63, 3.8) is 0 Å². The molecule has 0 atom stereocenters. The van der Waals surface area contributed by atoms with Crippen LogP contribution in [0.1, 0.15) is 5.56 Å². The van der Waals surface area contributed by atoms with Gasteiger partial charge in [0.1, 0.15) is 0 Å². The molecule has 0 aliphatic carbocycles. The smallest absolute Gasteiger partial charge is 0.268 e. The standard InChI is InChI=1S/C22H14Cl2N2OS/c23-16-10-4-6-12-18(16)25-22-26(19-13-7-5-11-17(19)24)21(27)20(28-22)14-15-8-2-1-3-9-15/h1-14H/b20-14-,25-22?. The van der Waals surface area contributed by atoms with E-state index in [-0.39, 0.29) is 5.91 Å². The van der Waals surface area contributed by atoms with E-state index >= 15 is 0 Å². The summed E-state index contributed by atoms with van der Waals surface area (Å²) in [6.45, 7) is 0. The number of carbonyl (C=O) groups is 1. The van der Waals surface area contributed by atoms with Crippen molar-refractivity contribution < 1.29 is 4.79 Å². The first-order valence-corrected chi connectivity index (χ1v) is 10.1. The molecule has 0 aromatic heterocycles. The van der Waals surface area contributed by atoms with Gasteiger partial charge in [0, 0.05) is 0 Å². The molecular formula is C22H14Cl2N2OS. The third-order valence-electron chi connectivity index (χ3n) is 4.07. The van der Waals surface area contributed by atoms with Crippen LogP contribution in [0, 0.1) is 0 Å². The third kappa shape index (κ3) is 3.85. The Morgan fingerprint density at radius 3 is 2.18 bits per heavy atom. The number of nitrogens with zero attached hydrogens (tertiary/aromatic N) is 2. The Hall–Kier alpha value is -2.53. The van der Waals surface area contributed by atoms with Gasteiger partial charge in [-0.2, -0.15) is 0 Å². The van der Waals surface area contributed by atoms with E-state index in [9.17, 15) is 4.79 Å². The van der Waals surface area contributed by atoms with Crippen molar-refractivity contribution in [2.45, 2.75) is 0 Å². The predicted molar refractivity (Wildman–Crippen MR) is 119 cm³/mol. The largest absolute Gasteiger partial charge is 0.271 e. The lowest BCUT2D eigenvalue weighted by Gasteiger charge is -2.17. The maximum atomic E-state index is 13.2. The number of amidine groups is 1. The second kappa shape index (κ2) is 8.23. The summed E-state index contributed by atoms with van der Waals surface area (Å²) in [6.07, 6.45) is 1.85. The molecule has 3 aromatic rings. The summed E-state index contributed by atoms with van der Waals surface area (Å²) in [5, 5.41) is 1.50.